The van der Waals surface area contributed by atoms with E-state index in [9.17, 15) is 0 Å². The van der Waals surface area contributed by atoms with Gasteiger partial charge in [0.1, 0.15) is 5.82 Å². The molecule has 0 amide bonds. The van der Waals surface area contributed by atoms with E-state index >= 15 is 0 Å². The van der Waals surface area contributed by atoms with Gasteiger partial charge in [-0.3, -0.25) is 0 Å². The molecule has 2 aromatic heterocycles. The molecule has 0 saturated heterocycles. The maximum atomic E-state index is 5.52. The summed E-state index contributed by atoms with van der Waals surface area (Å²) in [7, 11) is 0. The number of hydrogen-bond acceptors (Lipinski definition) is 4. The average molecular weight is 247 g/mol. The van der Waals surface area contributed by atoms with Crippen LogP contribution in [0.25, 0.3) is 5.65 Å². The first-order chi connectivity index (χ1) is 8.83. The van der Waals surface area contributed by atoms with E-state index in [0.29, 0.717) is 6.54 Å². The van der Waals surface area contributed by atoms with Crippen LogP contribution in [0, 0.1) is 0 Å². The van der Waals surface area contributed by atoms with Gasteiger partial charge in [-0.25, -0.2) is 9.50 Å². The highest BCUT2D eigenvalue weighted by atomic mass is 15.3. The zero-order valence-corrected chi connectivity index (χ0v) is 10.9. The molecule has 3 N–H and O–H groups in total. The number of fused-ring (bicyclic) bond motifs is 1. The fourth-order valence-corrected chi connectivity index (χ4v) is 1.89. The summed E-state index contributed by atoms with van der Waals surface area (Å²) in [6.45, 7) is 3.79. The molecule has 0 bridgehead atoms. The van der Waals surface area contributed by atoms with Gasteiger partial charge in [0.15, 0.2) is 5.65 Å². The molecule has 0 atom stereocenters. The number of nitrogens with one attached hydrogen (secondary N) is 1. The molecule has 0 fully saturated rings. The highest BCUT2D eigenvalue weighted by molar-refractivity contribution is 5.45. The summed E-state index contributed by atoms with van der Waals surface area (Å²) in [4.78, 5) is 4.45. The van der Waals surface area contributed by atoms with Crippen molar-refractivity contribution in [3.05, 3.63) is 24.0 Å². The minimum atomic E-state index is 0.617. The van der Waals surface area contributed by atoms with Crippen molar-refractivity contribution in [2.24, 2.45) is 5.73 Å². The van der Waals surface area contributed by atoms with Crippen molar-refractivity contribution in [1.82, 2.24) is 14.6 Å². The lowest BCUT2D eigenvalue weighted by atomic mass is 10.2. The summed E-state index contributed by atoms with van der Waals surface area (Å²) in [6, 6.07) is 3.95. The fraction of sp³-hybridized carbons (Fsp3) is 0.538. The quantitative estimate of drug-likeness (QED) is 0.732. The molecule has 0 radical (unpaired) electrons. The Morgan fingerprint density at radius 2 is 2.22 bits per heavy atom. The summed E-state index contributed by atoms with van der Waals surface area (Å²) >= 11 is 0. The van der Waals surface area contributed by atoms with E-state index in [2.05, 4.69) is 22.3 Å². The van der Waals surface area contributed by atoms with E-state index in [-0.39, 0.29) is 0 Å². The first-order valence-electron chi connectivity index (χ1n) is 6.62. The third kappa shape index (κ3) is 3.20. The van der Waals surface area contributed by atoms with Crippen molar-refractivity contribution < 1.29 is 0 Å². The minimum Gasteiger partial charge on any atom is -0.369 e. The Bertz CT molecular complexity index is 491. The molecule has 0 saturated carbocycles. The van der Waals surface area contributed by atoms with Crippen molar-refractivity contribution in [2.45, 2.75) is 32.6 Å². The Morgan fingerprint density at radius 3 is 3.00 bits per heavy atom. The van der Waals surface area contributed by atoms with Crippen LogP contribution in [0.4, 0.5) is 5.82 Å². The maximum absolute atomic E-state index is 5.52. The summed E-state index contributed by atoms with van der Waals surface area (Å²) in [6.07, 6.45) is 6.40. The normalized spacial score (nSPS) is 11.0. The lowest BCUT2D eigenvalue weighted by Crippen LogP contribution is -2.05. The van der Waals surface area contributed by atoms with Crippen molar-refractivity contribution in [1.29, 1.82) is 0 Å². The number of unbranched alkanes of at least 4 members (excludes halogenated alkanes) is 2. The van der Waals surface area contributed by atoms with Crippen LogP contribution in [0.2, 0.25) is 0 Å². The zero-order valence-electron chi connectivity index (χ0n) is 10.9. The van der Waals surface area contributed by atoms with Crippen LogP contribution in [0.3, 0.4) is 0 Å². The smallest absolute Gasteiger partial charge is 0.153 e. The van der Waals surface area contributed by atoms with E-state index in [1.54, 1.807) is 0 Å². The van der Waals surface area contributed by atoms with Gasteiger partial charge < -0.3 is 11.1 Å². The Morgan fingerprint density at radius 1 is 1.33 bits per heavy atom. The van der Waals surface area contributed by atoms with E-state index in [4.69, 9.17) is 5.73 Å². The Balaban J connectivity index is 2.02. The number of rotatable bonds is 7. The number of anilines is 1. The van der Waals surface area contributed by atoms with Crippen LogP contribution < -0.4 is 11.1 Å². The van der Waals surface area contributed by atoms with Crippen molar-refractivity contribution in [3.8, 4) is 0 Å². The predicted octanol–water partition coefficient (Wildman–Crippen LogP) is 1.83. The van der Waals surface area contributed by atoms with Gasteiger partial charge in [-0.15, -0.1) is 5.10 Å². The molecule has 2 heterocycles. The SMILES string of the molecule is CCCCCNc1ccc2nc(CCN)cn2n1. The molecule has 0 aliphatic heterocycles. The van der Waals surface area contributed by atoms with Crippen LogP contribution in [-0.4, -0.2) is 27.7 Å². The second kappa shape index (κ2) is 6.35. The van der Waals surface area contributed by atoms with Gasteiger partial charge in [-0.05, 0) is 25.1 Å². The molecule has 0 aliphatic carbocycles. The molecule has 0 aromatic carbocycles. The summed E-state index contributed by atoms with van der Waals surface area (Å²) in [5.74, 6) is 0.898. The highest BCUT2D eigenvalue weighted by Gasteiger charge is 2.02. The Kier molecular flexibility index (Phi) is 4.52. The fourth-order valence-electron chi connectivity index (χ4n) is 1.89. The number of nitrogens with zero attached hydrogens (tertiary/aromatic N) is 3. The first kappa shape index (κ1) is 12.8. The van der Waals surface area contributed by atoms with Crippen LogP contribution in [0.15, 0.2) is 18.3 Å². The molecule has 2 rings (SSSR count). The number of aromatic nitrogens is 3. The van der Waals surface area contributed by atoms with Gasteiger partial charge >= 0.3 is 0 Å². The average Bonchev–Trinajstić information content (AvgIpc) is 2.76. The predicted molar refractivity (Wildman–Crippen MR) is 73.8 cm³/mol. The van der Waals surface area contributed by atoms with Crippen LogP contribution in [0.1, 0.15) is 31.9 Å². The largest absolute Gasteiger partial charge is 0.369 e. The molecule has 0 aliphatic rings. The lowest BCUT2D eigenvalue weighted by Gasteiger charge is -2.04. The Labute approximate surface area is 107 Å². The molecule has 98 valence electrons. The molecule has 2 aromatic rings. The topological polar surface area (TPSA) is 68.2 Å². The van der Waals surface area contributed by atoms with E-state index in [0.717, 1.165) is 30.1 Å². The minimum absolute atomic E-state index is 0.617. The molecular weight excluding hydrogens is 226 g/mol. The molecule has 5 nitrogen and oxygen atoms in total. The van der Waals surface area contributed by atoms with Crippen molar-refractivity contribution in [2.75, 3.05) is 18.4 Å². The maximum Gasteiger partial charge on any atom is 0.153 e. The summed E-state index contributed by atoms with van der Waals surface area (Å²) in [5.41, 5.74) is 7.39. The van der Waals surface area contributed by atoms with E-state index in [1.165, 1.54) is 19.3 Å². The van der Waals surface area contributed by atoms with Gasteiger partial charge in [-0.2, -0.15) is 0 Å². The first-order valence-corrected chi connectivity index (χ1v) is 6.62. The van der Waals surface area contributed by atoms with E-state index in [1.807, 2.05) is 22.8 Å². The molecule has 18 heavy (non-hydrogen) atoms. The third-order valence-corrected chi connectivity index (χ3v) is 2.86. The van der Waals surface area contributed by atoms with E-state index < -0.39 is 0 Å². The van der Waals surface area contributed by atoms with Gasteiger partial charge in [0.25, 0.3) is 0 Å². The van der Waals surface area contributed by atoms with Gasteiger partial charge in [0.2, 0.25) is 0 Å². The molecular formula is C13H21N5. The Hall–Kier alpha value is -1.62. The number of hydrogen-bond donors (Lipinski definition) is 2. The van der Waals surface area contributed by atoms with Gasteiger partial charge in [0, 0.05) is 13.0 Å². The highest BCUT2D eigenvalue weighted by Crippen LogP contribution is 2.08. The molecule has 5 heteroatoms. The van der Waals surface area contributed by atoms with Crippen LogP contribution in [-0.2, 0) is 6.42 Å². The standard InChI is InChI=1S/C13H21N5/c1-2-3-4-9-15-12-5-6-13-16-11(7-8-14)10-18(13)17-12/h5-6,10H,2-4,7-9,14H2,1H3,(H,15,17). The summed E-state index contributed by atoms with van der Waals surface area (Å²) < 4.78 is 1.81. The van der Waals surface area contributed by atoms with Crippen molar-refractivity contribution >= 4 is 11.5 Å². The summed E-state index contributed by atoms with van der Waals surface area (Å²) in [5, 5.41) is 7.81. The lowest BCUT2D eigenvalue weighted by molar-refractivity contribution is 0.740. The van der Waals surface area contributed by atoms with Crippen LogP contribution >= 0.6 is 0 Å². The number of nitrogens with two attached hydrogens (primary N) is 1. The molecule has 0 unspecified atom stereocenters. The second-order valence-corrected chi connectivity index (χ2v) is 4.43. The number of imidazole rings is 1. The van der Waals surface area contributed by atoms with Gasteiger partial charge in [-0.1, -0.05) is 19.8 Å². The second-order valence-electron chi connectivity index (χ2n) is 4.43. The zero-order chi connectivity index (χ0) is 12.8. The van der Waals surface area contributed by atoms with Crippen LogP contribution in [0.5, 0.6) is 0 Å². The van der Waals surface area contributed by atoms with Gasteiger partial charge in [0.05, 0.1) is 11.9 Å². The monoisotopic (exact) mass is 247 g/mol. The van der Waals surface area contributed by atoms with Crippen molar-refractivity contribution in [3.63, 3.8) is 0 Å². The molecule has 0 spiro atoms. The third-order valence-electron chi connectivity index (χ3n) is 2.86.